The molecule has 2 aromatic carbocycles. The van der Waals surface area contributed by atoms with E-state index in [1.807, 2.05) is 54.8 Å². The molecule has 0 heterocycles. The monoisotopic (exact) mass is 301 g/mol. The van der Waals surface area contributed by atoms with E-state index < -0.39 is 0 Å². The fourth-order valence-electron chi connectivity index (χ4n) is 1.98. The van der Waals surface area contributed by atoms with E-state index in [0.29, 0.717) is 12.8 Å². The second-order valence-electron chi connectivity index (χ2n) is 4.63. The fraction of sp³-hybridized carbons (Fsp3) is 0.235. The molecule has 0 saturated heterocycles. The van der Waals surface area contributed by atoms with E-state index in [0.717, 1.165) is 17.0 Å². The van der Waals surface area contributed by atoms with Crippen LogP contribution in [0, 0.1) is 0 Å². The minimum absolute atomic E-state index is 0.0229. The van der Waals surface area contributed by atoms with Gasteiger partial charge in [0.2, 0.25) is 5.91 Å². The van der Waals surface area contributed by atoms with E-state index in [9.17, 15) is 4.79 Å². The van der Waals surface area contributed by atoms with Gasteiger partial charge < -0.3 is 10.1 Å². The predicted molar refractivity (Wildman–Crippen MR) is 88.2 cm³/mol. The highest BCUT2D eigenvalue weighted by Crippen LogP contribution is 2.18. The van der Waals surface area contributed by atoms with Gasteiger partial charge in [-0.1, -0.05) is 12.1 Å². The zero-order valence-electron chi connectivity index (χ0n) is 12.3. The van der Waals surface area contributed by atoms with Crippen LogP contribution < -0.4 is 10.1 Å². The Bertz CT molecular complexity index is 596. The Morgan fingerprint density at radius 2 is 1.95 bits per heavy atom. The number of carbonyl (C=O) groups excluding carboxylic acids is 1. The van der Waals surface area contributed by atoms with Crippen LogP contribution in [0.1, 0.15) is 12.0 Å². The number of rotatable bonds is 6. The highest BCUT2D eigenvalue weighted by Gasteiger charge is 2.04. The summed E-state index contributed by atoms with van der Waals surface area (Å²) in [7, 11) is 1.64. The molecule has 2 aromatic rings. The number of aryl methyl sites for hydroxylation is 1. The van der Waals surface area contributed by atoms with Crippen LogP contribution in [-0.2, 0) is 11.2 Å². The molecule has 1 N–H and O–H groups in total. The summed E-state index contributed by atoms with van der Waals surface area (Å²) in [6.45, 7) is 0. The molecule has 1 amide bonds. The number of nitrogens with one attached hydrogen (secondary N) is 1. The highest BCUT2D eigenvalue weighted by molar-refractivity contribution is 7.98. The van der Waals surface area contributed by atoms with Crippen LogP contribution in [0.2, 0.25) is 0 Å². The van der Waals surface area contributed by atoms with Gasteiger partial charge in [0, 0.05) is 17.0 Å². The zero-order chi connectivity index (χ0) is 15.1. The van der Waals surface area contributed by atoms with E-state index >= 15 is 0 Å². The third kappa shape index (κ3) is 4.83. The lowest BCUT2D eigenvalue weighted by molar-refractivity contribution is -0.116. The van der Waals surface area contributed by atoms with Crippen molar-refractivity contribution in [2.75, 3.05) is 18.7 Å². The summed E-state index contributed by atoms with van der Waals surface area (Å²) in [5, 5.41) is 2.91. The average Bonchev–Trinajstić information content (AvgIpc) is 2.54. The topological polar surface area (TPSA) is 38.3 Å². The molecule has 0 atom stereocenters. The molecule has 4 heteroatoms. The highest BCUT2D eigenvalue weighted by atomic mass is 32.2. The number of hydrogen-bond acceptors (Lipinski definition) is 3. The summed E-state index contributed by atoms with van der Waals surface area (Å²) in [6, 6.07) is 15.7. The molecule has 21 heavy (non-hydrogen) atoms. The normalized spacial score (nSPS) is 10.2. The predicted octanol–water partition coefficient (Wildman–Crippen LogP) is 3.99. The second kappa shape index (κ2) is 7.74. The van der Waals surface area contributed by atoms with Crippen molar-refractivity contribution in [1.82, 2.24) is 0 Å². The first-order valence-electron chi connectivity index (χ1n) is 6.78. The van der Waals surface area contributed by atoms with Crippen molar-refractivity contribution in [3.63, 3.8) is 0 Å². The van der Waals surface area contributed by atoms with Crippen molar-refractivity contribution in [2.24, 2.45) is 0 Å². The first kappa shape index (κ1) is 15.4. The summed E-state index contributed by atoms with van der Waals surface area (Å²) in [5.74, 6) is 0.843. The molecular weight excluding hydrogens is 282 g/mol. The number of methoxy groups -OCH3 is 1. The molecule has 0 unspecified atom stereocenters. The van der Waals surface area contributed by atoms with E-state index in [4.69, 9.17) is 4.74 Å². The Hall–Kier alpha value is -1.94. The van der Waals surface area contributed by atoms with E-state index in [-0.39, 0.29) is 5.91 Å². The number of hydrogen-bond donors (Lipinski definition) is 1. The van der Waals surface area contributed by atoms with E-state index in [1.54, 1.807) is 18.9 Å². The number of benzene rings is 2. The van der Waals surface area contributed by atoms with Crippen LogP contribution in [0.25, 0.3) is 0 Å². The standard InChI is InChI=1S/C17H19NO2S/c1-20-15-5-3-4-13(12-15)6-11-17(19)18-14-7-9-16(21-2)10-8-14/h3-5,7-10,12H,6,11H2,1-2H3,(H,18,19). The van der Waals surface area contributed by atoms with Gasteiger partial charge in [0.15, 0.2) is 0 Å². The lowest BCUT2D eigenvalue weighted by Gasteiger charge is -2.07. The molecular formula is C17H19NO2S. The average molecular weight is 301 g/mol. The van der Waals surface area contributed by atoms with Crippen molar-refractivity contribution in [3.8, 4) is 5.75 Å². The first-order chi connectivity index (χ1) is 10.2. The van der Waals surface area contributed by atoms with Gasteiger partial charge in [-0.05, 0) is 54.6 Å². The quantitative estimate of drug-likeness (QED) is 0.820. The smallest absolute Gasteiger partial charge is 0.224 e. The van der Waals surface area contributed by atoms with Crippen LogP contribution in [0.3, 0.4) is 0 Å². The van der Waals surface area contributed by atoms with Crippen LogP contribution in [-0.4, -0.2) is 19.3 Å². The summed E-state index contributed by atoms with van der Waals surface area (Å²) in [6.07, 6.45) is 3.19. The minimum Gasteiger partial charge on any atom is -0.497 e. The largest absolute Gasteiger partial charge is 0.497 e. The van der Waals surface area contributed by atoms with Gasteiger partial charge in [-0.15, -0.1) is 11.8 Å². The van der Waals surface area contributed by atoms with Crippen molar-refractivity contribution >= 4 is 23.4 Å². The Morgan fingerprint density at radius 3 is 2.62 bits per heavy atom. The van der Waals surface area contributed by atoms with Gasteiger partial charge in [0.25, 0.3) is 0 Å². The second-order valence-corrected chi connectivity index (χ2v) is 5.51. The fourth-order valence-corrected chi connectivity index (χ4v) is 2.39. The van der Waals surface area contributed by atoms with Gasteiger partial charge in [-0.2, -0.15) is 0 Å². The SMILES string of the molecule is COc1cccc(CCC(=O)Nc2ccc(SC)cc2)c1. The molecule has 0 radical (unpaired) electrons. The third-order valence-electron chi connectivity index (χ3n) is 3.15. The Kier molecular flexibility index (Phi) is 5.69. The van der Waals surface area contributed by atoms with E-state index in [2.05, 4.69) is 5.32 Å². The number of ether oxygens (including phenoxy) is 1. The summed E-state index contributed by atoms with van der Waals surface area (Å²) in [4.78, 5) is 13.1. The number of thioether (sulfide) groups is 1. The lowest BCUT2D eigenvalue weighted by Crippen LogP contribution is -2.12. The van der Waals surface area contributed by atoms with Crippen molar-refractivity contribution in [2.45, 2.75) is 17.7 Å². The molecule has 110 valence electrons. The molecule has 3 nitrogen and oxygen atoms in total. The van der Waals surface area contributed by atoms with Crippen LogP contribution in [0.4, 0.5) is 5.69 Å². The maximum Gasteiger partial charge on any atom is 0.224 e. The molecule has 2 rings (SSSR count). The van der Waals surface area contributed by atoms with Gasteiger partial charge in [-0.3, -0.25) is 4.79 Å². The molecule has 0 aliphatic carbocycles. The zero-order valence-corrected chi connectivity index (χ0v) is 13.1. The molecule has 0 aliphatic rings. The van der Waals surface area contributed by atoms with Crippen molar-refractivity contribution < 1.29 is 9.53 Å². The molecule has 0 fully saturated rings. The lowest BCUT2D eigenvalue weighted by atomic mass is 10.1. The molecule has 0 aromatic heterocycles. The summed E-state index contributed by atoms with van der Waals surface area (Å²) >= 11 is 1.68. The number of amides is 1. The van der Waals surface area contributed by atoms with Crippen LogP contribution in [0.15, 0.2) is 53.4 Å². The van der Waals surface area contributed by atoms with Gasteiger partial charge >= 0.3 is 0 Å². The molecule has 0 saturated carbocycles. The van der Waals surface area contributed by atoms with Crippen LogP contribution in [0.5, 0.6) is 5.75 Å². The van der Waals surface area contributed by atoms with Crippen molar-refractivity contribution in [3.05, 3.63) is 54.1 Å². The molecule has 0 aliphatic heterocycles. The number of carbonyl (C=O) groups is 1. The molecule has 0 spiro atoms. The third-order valence-corrected chi connectivity index (χ3v) is 3.89. The number of anilines is 1. The van der Waals surface area contributed by atoms with Gasteiger partial charge in [0.1, 0.15) is 5.75 Å². The Balaban J connectivity index is 1.86. The van der Waals surface area contributed by atoms with E-state index in [1.165, 1.54) is 4.90 Å². The summed E-state index contributed by atoms with van der Waals surface area (Å²) in [5.41, 5.74) is 1.94. The van der Waals surface area contributed by atoms with Gasteiger partial charge in [0.05, 0.1) is 7.11 Å². The summed E-state index contributed by atoms with van der Waals surface area (Å²) < 4.78 is 5.18. The van der Waals surface area contributed by atoms with Gasteiger partial charge in [-0.25, -0.2) is 0 Å². The molecule has 0 bridgehead atoms. The maximum absolute atomic E-state index is 11.9. The first-order valence-corrected chi connectivity index (χ1v) is 8.00. The van der Waals surface area contributed by atoms with Crippen LogP contribution >= 0.6 is 11.8 Å². The Labute approximate surface area is 129 Å². The minimum atomic E-state index is 0.0229. The Morgan fingerprint density at radius 1 is 1.19 bits per heavy atom. The van der Waals surface area contributed by atoms with Crippen molar-refractivity contribution in [1.29, 1.82) is 0 Å². The maximum atomic E-state index is 11.9.